The number of aliphatic hydroxyl groups is 3. The van der Waals surface area contributed by atoms with E-state index in [4.69, 9.17) is 14.6 Å². The van der Waals surface area contributed by atoms with Crippen LogP contribution in [0.1, 0.15) is 53.9 Å². The summed E-state index contributed by atoms with van der Waals surface area (Å²) < 4.78 is 10.5. The molecule has 0 aromatic rings. The third-order valence-corrected chi connectivity index (χ3v) is 6.25. The summed E-state index contributed by atoms with van der Waals surface area (Å²) >= 11 is 0. The lowest BCUT2D eigenvalue weighted by Crippen LogP contribution is -2.60. The summed E-state index contributed by atoms with van der Waals surface area (Å²) in [6.07, 6.45) is 7.62. The summed E-state index contributed by atoms with van der Waals surface area (Å²) in [7, 11) is 0. The highest BCUT2D eigenvalue weighted by Gasteiger charge is 2.47. The van der Waals surface area contributed by atoms with Crippen molar-refractivity contribution in [1.82, 2.24) is 0 Å². The van der Waals surface area contributed by atoms with Crippen LogP contribution in [-0.2, 0) is 14.3 Å². The van der Waals surface area contributed by atoms with Crippen LogP contribution in [0.3, 0.4) is 0 Å². The van der Waals surface area contributed by atoms with E-state index in [1.165, 1.54) is 24.0 Å². The van der Waals surface area contributed by atoms with Gasteiger partial charge < -0.3 is 29.9 Å². The van der Waals surface area contributed by atoms with Crippen LogP contribution in [0.5, 0.6) is 0 Å². The second-order valence-electron chi connectivity index (χ2n) is 9.55. The molecular weight excluding hydrogens is 424 g/mol. The number of carboxylic acids is 1. The van der Waals surface area contributed by atoms with Crippen LogP contribution in [0.2, 0.25) is 0 Å². The Morgan fingerprint density at radius 3 is 2.45 bits per heavy atom. The summed E-state index contributed by atoms with van der Waals surface area (Å²) in [6.45, 7) is 10.8. The number of rotatable bonds is 8. The second kappa shape index (κ2) is 11.9. The summed E-state index contributed by atoms with van der Waals surface area (Å²) in [5, 5.41) is 38.5. The molecule has 0 amide bonds. The van der Waals surface area contributed by atoms with Crippen molar-refractivity contribution in [2.24, 2.45) is 5.41 Å². The minimum absolute atomic E-state index is 0.0398. The van der Waals surface area contributed by atoms with Gasteiger partial charge in [0, 0.05) is 0 Å². The van der Waals surface area contributed by atoms with Gasteiger partial charge in [-0.2, -0.15) is 0 Å². The maximum absolute atomic E-state index is 11.1. The molecule has 1 fully saturated rings. The molecule has 5 atom stereocenters. The molecule has 7 heteroatoms. The fourth-order valence-corrected chi connectivity index (χ4v) is 4.16. The molecule has 0 aromatic heterocycles. The molecule has 0 saturated carbocycles. The third kappa shape index (κ3) is 7.48. The Bertz CT molecular complexity index is 847. The van der Waals surface area contributed by atoms with E-state index in [1.54, 1.807) is 6.08 Å². The van der Waals surface area contributed by atoms with Gasteiger partial charge in [-0.25, -0.2) is 4.79 Å². The Hall–Kier alpha value is -2.03. The average Bonchev–Trinajstić information content (AvgIpc) is 2.72. The molecule has 1 saturated heterocycles. The molecule has 0 spiro atoms. The predicted octanol–water partition coefficient (Wildman–Crippen LogP) is 3.43. The Morgan fingerprint density at radius 1 is 1.12 bits per heavy atom. The minimum Gasteiger partial charge on any atom is -0.479 e. The van der Waals surface area contributed by atoms with Crippen molar-refractivity contribution >= 4 is 5.97 Å². The quantitative estimate of drug-likeness (QED) is 0.408. The third-order valence-electron chi connectivity index (χ3n) is 6.25. The zero-order chi connectivity index (χ0) is 24.8. The van der Waals surface area contributed by atoms with E-state index in [-0.39, 0.29) is 12.0 Å². The maximum atomic E-state index is 11.1. The van der Waals surface area contributed by atoms with Crippen molar-refractivity contribution < 1.29 is 34.7 Å². The van der Waals surface area contributed by atoms with Crippen LogP contribution in [0, 0.1) is 5.41 Å². The van der Waals surface area contributed by atoms with Gasteiger partial charge in [-0.15, -0.1) is 0 Å². The van der Waals surface area contributed by atoms with Crippen molar-refractivity contribution in [3.05, 3.63) is 58.7 Å². The van der Waals surface area contributed by atoms with Gasteiger partial charge in [0.05, 0.1) is 6.61 Å². The first kappa shape index (κ1) is 27.2. The number of aliphatic carboxylic acids is 1. The van der Waals surface area contributed by atoms with E-state index in [1.807, 2.05) is 25.2 Å². The second-order valence-corrected chi connectivity index (χ2v) is 9.55. The largest absolute Gasteiger partial charge is 0.479 e. The molecule has 1 aliphatic heterocycles. The van der Waals surface area contributed by atoms with E-state index >= 15 is 0 Å². The molecule has 4 N–H and O–H groups in total. The van der Waals surface area contributed by atoms with Crippen molar-refractivity contribution in [1.29, 1.82) is 0 Å². The van der Waals surface area contributed by atoms with Gasteiger partial charge in [0.1, 0.15) is 18.3 Å². The smallest absolute Gasteiger partial charge is 0.335 e. The molecule has 33 heavy (non-hydrogen) atoms. The van der Waals surface area contributed by atoms with Crippen molar-refractivity contribution in [2.75, 3.05) is 6.61 Å². The number of carbonyl (C=O) groups is 1. The number of hydrogen-bond acceptors (Lipinski definition) is 6. The van der Waals surface area contributed by atoms with Crippen LogP contribution < -0.4 is 0 Å². The van der Waals surface area contributed by atoms with Gasteiger partial charge in [0.25, 0.3) is 0 Å². The first-order chi connectivity index (χ1) is 15.4. The maximum Gasteiger partial charge on any atom is 0.335 e. The number of aliphatic hydroxyl groups excluding tert-OH is 3. The first-order valence-corrected chi connectivity index (χ1v) is 11.4. The Morgan fingerprint density at radius 2 is 1.82 bits per heavy atom. The Kier molecular flexibility index (Phi) is 9.82. The van der Waals surface area contributed by atoms with Crippen LogP contribution >= 0.6 is 0 Å². The molecule has 2 rings (SSSR count). The van der Waals surface area contributed by atoms with Gasteiger partial charge in [-0.05, 0) is 51.0 Å². The normalized spacial score (nSPS) is 31.6. The van der Waals surface area contributed by atoms with Gasteiger partial charge in [-0.1, -0.05) is 67.0 Å². The summed E-state index contributed by atoms with van der Waals surface area (Å²) in [5.41, 5.74) is 5.13. The monoisotopic (exact) mass is 462 g/mol. The molecule has 184 valence electrons. The highest BCUT2D eigenvalue weighted by Crippen LogP contribution is 2.40. The molecule has 2 aliphatic rings. The molecule has 0 aromatic carbocycles. The highest BCUT2D eigenvalue weighted by molar-refractivity contribution is 5.73. The predicted molar refractivity (Wildman–Crippen MR) is 126 cm³/mol. The number of ether oxygens (including phenoxy) is 2. The number of hydrogen-bond donors (Lipinski definition) is 4. The fraction of sp³-hybridized carbons (Fsp3) is 0.577. The van der Waals surface area contributed by atoms with E-state index in [2.05, 4.69) is 39.8 Å². The Balaban J connectivity index is 1.90. The lowest BCUT2D eigenvalue weighted by Gasteiger charge is -2.38. The van der Waals surface area contributed by atoms with E-state index in [0.717, 1.165) is 17.6 Å². The molecule has 7 nitrogen and oxygen atoms in total. The van der Waals surface area contributed by atoms with Crippen molar-refractivity contribution in [3.63, 3.8) is 0 Å². The fourth-order valence-electron chi connectivity index (χ4n) is 4.16. The van der Waals surface area contributed by atoms with Crippen LogP contribution in [0.15, 0.2) is 58.7 Å². The molecule has 1 heterocycles. The summed E-state index contributed by atoms with van der Waals surface area (Å²) in [4.78, 5) is 11.1. The molecule has 1 aliphatic carbocycles. The summed E-state index contributed by atoms with van der Waals surface area (Å²) in [6, 6.07) is 0. The zero-order valence-corrected chi connectivity index (χ0v) is 20.2. The molecular formula is C26H38O7. The molecule has 0 unspecified atom stereocenters. The lowest BCUT2D eigenvalue weighted by atomic mass is 9.72. The lowest BCUT2D eigenvalue weighted by molar-refractivity contribution is -0.291. The topological polar surface area (TPSA) is 116 Å². The number of allylic oxidation sites excluding steroid dienone is 9. The minimum atomic E-state index is -1.73. The van der Waals surface area contributed by atoms with Gasteiger partial charge in [0.15, 0.2) is 12.4 Å². The number of carboxylic acid groups (broad SMARTS) is 1. The first-order valence-electron chi connectivity index (χ1n) is 11.4. The Labute approximate surface area is 196 Å². The zero-order valence-electron chi connectivity index (χ0n) is 20.2. The van der Waals surface area contributed by atoms with Crippen LogP contribution in [0.25, 0.3) is 0 Å². The van der Waals surface area contributed by atoms with E-state index < -0.39 is 36.7 Å². The molecule has 0 bridgehead atoms. The van der Waals surface area contributed by atoms with E-state index in [0.29, 0.717) is 0 Å². The SMILES string of the molecule is CC1=C(/C=C/C(C)=C\C=C\C(C)=C/CO[C@@H]2O[C@H](C(=O)O)[C@@H](O)[C@H](O)[C@H]2O)C(C)(C)CCC1. The standard InChI is InChI=1S/C26H38O7/c1-16(11-12-19-18(3)10-7-14-26(19,4)5)8-6-9-17(2)13-15-32-25-22(29)20(27)21(28)23(33-25)24(30)31/h6,8-9,11-13,20-23,25,27-29H,7,10,14-15H2,1-5H3,(H,30,31)/b9-6+,12-11+,16-8-,17-13-/t20-,21-,22+,23-,25+/m0/s1. The highest BCUT2D eigenvalue weighted by atomic mass is 16.7. The summed E-state index contributed by atoms with van der Waals surface area (Å²) in [5.74, 6) is -1.44. The van der Waals surface area contributed by atoms with Crippen LogP contribution in [-0.4, -0.2) is 63.7 Å². The van der Waals surface area contributed by atoms with Crippen molar-refractivity contribution in [3.8, 4) is 0 Å². The van der Waals surface area contributed by atoms with Gasteiger partial charge in [-0.3, -0.25) is 0 Å². The van der Waals surface area contributed by atoms with Crippen LogP contribution in [0.4, 0.5) is 0 Å². The average molecular weight is 463 g/mol. The van der Waals surface area contributed by atoms with E-state index in [9.17, 15) is 20.1 Å². The van der Waals surface area contributed by atoms with Crippen molar-refractivity contribution in [2.45, 2.75) is 84.6 Å². The van der Waals surface area contributed by atoms with Gasteiger partial charge >= 0.3 is 5.97 Å². The van der Waals surface area contributed by atoms with Gasteiger partial charge in [0.2, 0.25) is 0 Å². The molecule has 0 radical (unpaired) electrons.